The quantitative estimate of drug-likeness (QED) is 0.786. The lowest BCUT2D eigenvalue weighted by Gasteiger charge is -2.54. The highest BCUT2D eigenvalue weighted by atomic mass is 16.5. The van der Waals surface area contributed by atoms with E-state index in [2.05, 4.69) is 29.6 Å². The minimum atomic E-state index is -0.0465. The number of nitrogens with one attached hydrogen (secondary N) is 2. The molecule has 1 saturated carbocycles. The van der Waals surface area contributed by atoms with E-state index in [-0.39, 0.29) is 17.5 Å². The summed E-state index contributed by atoms with van der Waals surface area (Å²) in [4.78, 5) is 12.1. The molecule has 23 heavy (non-hydrogen) atoms. The van der Waals surface area contributed by atoms with E-state index in [1.165, 1.54) is 5.56 Å². The molecule has 0 unspecified atom stereocenters. The van der Waals surface area contributed by atoms with Gasteiger partial charge >= 0.3 is 6.03 Å². The molecule has 6 heteroatoms. The number of aromatic nitrogens is 2. The minimum absolute atomic E-state index is 0.0405. The predicted molar refractivity (Wildman–Crippen MR) is 88.1 cm³/mol. The summed E-state index contributed by atoms with van der Waals surface area (Å²) in [6, 6.07) is 0.181. The summed E-state index contributed by atoms with van der Waals surface area (Å²) in [5, 5.41) is 10.3. The first-order chi connectivity index (χ1) is 11.0. The standard InChI is InChI=1S/C17H28N4O2/c1-17(2)14(13-7-9-23-15(13)17)20-16(22)18-8-5-4-6-12-10-19-21(3)11-12/h10-11,13-15H,4-9H2,1-3H3,(H2,18,20,22)/t13-,14-,15-/m1/s1. The number of carbonyl (C=O) groups excluding carboxylic acids is 1. The van der Waals surface area contributed by atoms with E-state index in [0.717, 1.165) is 32.3 Å². The Balaban J connectivity index is 1.32. The average molecular weight is 320 g/mol. The van der Waals surface area contributed by atoms with Gasteiger partial charge in [-0.15, -0.1) is 0 Å². The number of urea groups is 1. The molecule has 0 bridgehead atoms. The van der Waals surface area contributed by atoms with Crippen LogP contribution >= 0.6 is 0 Å². The van der Waals surface area contributed by atoms with Crippen LogP contribution in [0.2, 0.25) is 0 Å². The average Bonchev–Trinajstić information content (AvgIpc) is 3.12. The first-order valence-corrected chi connectivity index (χ1v) is 8.62. The normalized spacial score (nSPS) is 28.0. The topological polar surface area (TPSA) is 68.2 Å². The van der Waals surface area contributed by atoms with Gasteiger partial charge in [0.05, 0.1) is 12.3 Å². The van der Waals surface area contributed by atoms with E-state index in [0.29, 0.717) is 18.6 Å². The number of rotatable bonds is 6. The number of ether oxygens (including phenoxy) is 1. The Kier molecular flexibility index (Phi) is 4.62. The number of unbranched alkanes of at least 4 members (excludes halogenated alkanes) is 1. The zero-order valence-corrected chi connectivity index (χ0v) is 14.3. The molecule has 3 rings (SSSR count). The molecular weight excluding hydrogens is 292 g/mol. The minimum Gasteiger partial charge on any atom is -0.377 e. The fraction of sp³-hybridized carbons (Fsp3) is 0.765. The van der Waals surface area contributed by atoms with E-state index in [4.69, 9.17) is 4.74 Å². The highest BCUT2D eigenvalue weighted by molar-refractivity contribution is 5.74. The maximum Gasteiger partial charge on any atom is 0.315 e. The summed E-state index contributed by atoms with van der Waals surface area (Å²) < 4.78 is 7.58. The molecule has 1 aliphatic heterocycles. The van der Waals surface area contributed by atoms with E-state index in [1.54, 1.807) is 0 Å². The molecular formula is C17H28N4O2. The van der Waals surface area contributed by atoms with Crippen molar-refractivity contribution in [1.29, 1.82) is 0 Å². The molecule has 0 spiro atoms. The molecule has 2 fully saturated rings. The summed E-state index contributed by atoms with van der Waals surface area (Å²) in [7, 11) is 1.93. The molecule has 3 atom stereocenters. The number of hydrogen-bond donors (Lipinski definition) is 2. The maximum absolute atomic E-state index is 12.1. The van der Waals surface area contributed by atoms with Crippen LogP contribution in [0.15, 0.2) is 12.4 Å². The molecule has 1 saturated heterocycles. The van der Waals surface area contributed by atoms with Crippen LogP contribution in [0.3, 0.4) is 0 Å². The van der Waals surface area contributed by atoms with Crippen molar-refractivity contribution in [2.75, 3.05) is 13.2 Å². The molecule has 6 nitrogen and oxygen atoms in total. The van der Waals surface area contributed by atoms with Crippen molar-refractivity contribution in [3.8, 4) is 0 Å². The molecule has 0 radical (unpaired) electrons. The Labute approximate surface area is 138 Å². The lowest BCUT2D eigenvalue weighted by Crippen LogP contribution is -2.67. The van der Waals surface area contributed by atoms with Crippen LogP contribution in [0.1, 0.15) is 38.7 Å². The number of nitrogens with zero attached hydrogens (tertiary/aromatic N) is 2. The van der Waals surface area contributed by atoms with Gasteiger partial charge < -0.3 is 15.4 Å². The number of amides is 2. The van der Waals surface area contributed by atoms with Gasteiger partial charge in [-0.05, 0) is 31.2 Å². The predicted octanol–water partition coefficient (Wildman–Crippen LogP) is 1.86. The second-order valence-electron chi connectivity index (χ2n) is 7.42. The van der Waals surface area contributed by atoms with Crippen molar-refractivity contribution in [2.45, 2.75) is 51.7 Å². The SMILES string of the molecule is Cn1cc(CCCCNC(=O)N[C@@H]2[C@H]3CCO[C@H]3C2(C)C)cn1. The van der Waals surface area contributed by atoms with Crippen molar-refractivity contribution in [2.24, 2.45) is 18.4 Å². The van der Waals surface area contributed by atoms with Gasteiger partial charge in [0.2, 0.25) is 0 Å². The lowest BCUT2D eigenvalue weighted by molar-refractivity contribution is -0.108. The molecule has 0 aromatic carbocycles. The van der Waals surface area contributed by atoms with Gasteiger partial charge in [0, 0.05) is 43.8 Å². The van der Waals surface area contributed by atoms with Crippen LogP contribution in [0.5, 0.6) is 0 Å². The zero-order valence-electron chi connectivity index (χ0n) is 14.3. The third kappa shape index (κ3) is 3.37. The number of aryl methyl sites for hydroxylation is 2. The smallest absolute Gasteiger partial charge is 0.315 e. The second kappa shape index (κ2) is 6.51. The fourth-order valence-electron chi connectivity index (χ4n) is 4.07. The first-order valence-electron chi connectivity index (χ1n) is 8.62. The molecule has 1 aromatic heterocycles. The van der Waals surface area contributed by atoms with E-state index < -0.39 is 0 Å². The Hall–Kier alpha value is -1.56. The van der Waals surface area contributed by atoms with E-state index in [9.17, 15) is 4.79 Å². The Morgan fingerprint density at radius 1 is 1.48 bits per heavy atom. The zero-order chi connectivity index (χ0) is 16.4. The molecule has 2 amide bonds. The number of carbonyl (C=O) groups is 1. The molecule has 128 valence electrons. The van der Waals surface area contributed by atoms with Crippen molar-refractivity contribution < 1.29 is 9.53 Å². The molecule has 2 heterocycles. The second-order valence-corrected chi connectivity index (χ2v) is 7.42. The Morgan fingerprint density at radius 3 is 3.04 bits per heavy atom. The monoisotopic (exact) mass is 320 g/mol. The van der Waals surface area contributed by atoms with Crippen molar-refractivity contribution in [1.82, 2.24) is 20.4 Å². The fourth-order valence-corrected chi connectivity index (χ4v) is 4.07. The summed E-state index contributed by atoms with van der Waals surface area (Å²) in [5.74, 6) is 0.487. The van der Waals surface area contributed by atoms with Gasteiger partial charge in [0.1, 0.15) is 0 Å². The van der Waals surface area contributed by atoms with Gasteiger partial charge in [-0.25, -0.2) is 4.79 Å². The van der Waals surface area contributed by atoms with Gasteiger partial charge in [-0.1, -0.05) is 13.8 Å². The summed E-state index contributed by atoms with van der Waals surface area (Å²) in [6.07, 6.45) is 8.35. The molecule has 1 aromatic rings. The third-order valence-corrected chi connectivity index (χ3v) is 5.32. The largest absolute Gasteiger partial charge is 0.377 e. The van der Waals surface area contributed by atoms with E-state index >= 15 is 0 Å². The Bertz CT molecular complexity index is 555. The summed E-state index contributed by atoms with van der Waals surface area (Å²) in [6.45, 7) is 5.90. The summed E-state index contributed by atoms with van der Waals surface area (Å²) >= 11 is 0. The van der Waals surface area contributed by atoms with Crippen molar-refractivity contribution >= 4 is 6.03 Å². The van der Waals surface area contributed by atoms with Crippen molar-refractivity contribution in [3.05, 3.63) is 18.0 Å². The van der Waals surface area contributed by atoms with Crippen LogP contribution in [0, 0.1) is 11.3 Å². The van der Waals surface area contributed by atoms with Crippen LogP contribution in [0.25, 0.3) is 0 Å². The van der Waals surface area contributed by atoms with E-state index in [1.807, 2.05) is 24.1 Å². The van der Waals surface area contributed by atoms with Crippen LogP contribution < -0.4 is 10.6 Å². The van der Waals surface area contributed by atoms with Crippen LogP contribution in [-0.4, -0.2) is 41.1 Å². The molecule has 2 aliphatic rings. The van der Waals surface area contributed by atoms with Gasteiger partial charge in [-0.3, -0.25) is 4.68 Å². The van der Waals surface area contributed by atoms with Crippen LogP contribution in [-0.2, 0) is 18.2 Å². The van der Waals surface area contributed by atoms with Crippen LogP contribution in [0.4, 0.5) is 4.79 Å². The maximum atomic E-state index is 12.1. The third-order valence-electron chi connectivity index (χ3n) is 5.32. The highest BCUT2D eigenvalue weighted by Crippen LogP contribution is 2.51. The van der Waals surface area contributed by atoms with Gasteiger partial charge in [0.25, 0.3) is 0 Å². The lowest BCUT2D eigenvalue weighted by atomic mass is 9.57. The molecule has 1 aliphatic carbocycles. The number of fused-ring (bicyclic) bond motifs is 1. The van der Waals surface area contributed by atoms with Crippen molar-refractivity contribution in [3.63, 3.8) is 0 Å². The Morgan fingerprint density at radius 2 is 2.30 bits per heavy atom. The number of hydrogen-bond acceptors (Lipinski definition) is 3. The van der Waals surface area contributed by atoms with Gasteiger partial charge in [-0.2, -0.15) is 5.10 Å². The summed E-state index contributed by atoms with van der Waals surface area (Å²) in [5.41, 5.74) is 1.29. The van der Waals surface area contributed by atoms with Gasteiger partial charge in [0.15, 0.2) is 0 Å². The highest BCUT2D eigenvalue weighted by Gasteiger charge is 2.59. The first kappa shape index (κ1) is 16.3. The molecule has 2 N–H and O–H groups in total.